The standard InChI is InChI=1S/C26H21F7O.CH4.H2/c1-14-2-4-15(5-3-14)16-6-8-17(9-7-16)18-10-22(29)25(23(30)11-18)34-26(32,33)19-12-20(27)24(31)21(28)13-19;;/h6-15H,2-5H2,1H3;1H4;1H. The molecule has 35 heavy (non-hydrogen) atoms. The number of benzene rings is 3. The molecule has 3 aromatic carbocycles. The predicted molar refractivity (Wildman–Crippen MR) is 122 cm³/mol. The van der Waals surface area contributed by atoms with Gasteiger partial charge in [-0.2, -0.15) is 8.78 Å². The van der Waals surface area contributed by atoms with Crippen LogP contribution in [-0.2, 0) is 6.11 Å². The van der Waals surface area contributed by atoms with Crippen LogP contribution in [0.1, 0.15) is 58.5 Å². The van der Waals surface area contributed by atoms with Crippen molar-refractivity contribution in [2.45, 2.75) is 52.1 Å². The molecular formula is C27H27F7O. The normalized spacial score (nSPS) is 18.2. The summed E-state index contributed by atoms with van der Waals surface area (Å²) in [7, 11) is 0. The van der Waals surface area contributed by atoms with Crippen LogP contribution in [0.15, 0.2) is 48.5 Å². The zero-order chi connectivity index (χ0) is 24.6. The molecule has 0 N–H and O–H groups in total. The van der Waals surface area contributed by atoms with Crippen LogP contribution in [0.5, 0.6) is 5.75 Å². The van der Waals surface area contributed by atoms with Crippen LogP contribution in [0.4, 0.5) is 30.7 Å². The molecule has 0 spiro atoms. The maximum absolute atomic E-state index is 14.6. The number of halogens is 7. The first-order chi connectivity index (χ1) is 16.0. The molecular weight excluding hydrogens is 473 g/mol. The van der Waals surface area contributed by atoms with E-state index in [0.717, 1.165) is 43.4 Å². The number of hydrogen-bond donors (Lipinski definition) is 0. The highest BCUT2D eigenvalue weighted by Gasteiger charge is 2.38. The number of rotatable bonds is 5. The Morgan fingerprint density at radius 1 is 0.743 bits per heavy atom. The van der Waals surface area contributed by atoms with Crippen molar-refractivity contribution in [2.75, 3.05) is 0 Å². The van der Waals surface area contributed by atoms with E-state index < -0.39 is 46.5 Å². The van der Waals surface area contributed by atoms with Gasteiger partial charge in [0.1, 0.15) is 0 Å². The molecule has 0 amide bonds. The molecule has 0 aromatic heterocycles. The monoisotopic (exact) mass is 500 g/mol. The quantitative estimate of drug-likeness (QED) is 0.251. The van der Waals surface area contributed by atoms with Gasteiger partial charge < -0.3 is 4.74 Å². The van der Waals surface area contributed by atoms with Crippen LogP contribution >= 0.6 is 0 Å². The number of alkyl halides is 2. The second-order valence-corrected chi connectivity index (χ2v) is 8.72. The van der Waals surface area contributed by atoms with Crippen LogP contribution in [0.2, 0.25) is 0 Å². The maximum Gasteiger partial charge on any atom is 0.427 e. The van der Waals surface area contributed by atoms with Crippen LogP contribution in [0.25, 0.3) is 11.1 Å². The van der Waals surface area contributed by atoms with Gasteiger partial charge in [-0.25, -0.2) is 22.0 Å². The summed E-state index contributed by atoms with van der Waals surface area (Å²) in [6.07, 6.45) is -0.0895. The fourth-order valence-corrected chi connectivity index (χ4v) is 4.28. The maximum atomic E-state index is 14.6. The zero-order valence-corrected chi connectivity index (χ0v) is 18.2. The van der Waals surface area contributed by atoms with Crippen LogP contribution in [-0.4, -0.2) is 0 Å². The van der Waals surface area contributed by atoms with E-state index in [9.17, 15) is 30.7 Å². The molecule has 0 bridgehead atoms. The van der Waals surface area contributed by atoms with Crippen molar-refractivity contribution < 1.29 is 36.9 Å². The zero-order valence-electron chi connectivity index (χ0n) is 18.2. The van der Waals surface area contributed by atoms with E-state index in [1.807, 2.05) is 12.1 Å². The van der Waals surface area contributed by atoms with E-state index in [1.54, 1.807) is 12.1 Å². The molecule has 0 heterocycles. The van der Waals surface area contributed by atoms with Gasteiger partial charge in [0.05, 0.1) is 5.56 Å². The molecule has 0 atom stereocenters. The van der Waals surface area contributed by atoms with Gasteiger partial charge in [0.25, 0.3) is 0 Å². The summed E-state index contributed by atoms with van der Waals surface area (Å²) < 4.78 is 102. The van der Waals surface area contributed by atoms with Gasteiger partial charge in [-0.15, -0.1) is 0 Å². The molecule has 1 saturated carbocycles. The summed E-state index contributed by atoms with van der Waals surface area (Å²) in [6, 6.07) is 8.86. The molecule has 3 aromatic rings. The molecule has 4 rings (SSSR count). The fourth-order valence-electron chi connectivity index (χ4n) is 4.28. The highest BCUT2D eigenvalue weighted by molar-refractivity contribution is 5.65. The Labute approximate surface area is 201 Å². The van der Waals surface area contributed by atoms with Gasteiger partial charge in [0.15, 0.2) is 34.8 Å². The molecule has 190 valence electrons. The molecule has 0 saturated heterocycles. The number of hydrogen-bond acceptors (Lipinski definition) is 1. The first-order valence-corrected chi connectivity index (χ1v) is 10.9. The highest BCUT2D eigenvalue weighted by atomic mass is 19.3. The van der Waals surface area contributed by atoms with Crippen molar-refractivity contribution in [3.8, 4) is 16.9 Å². The van der Waals surface area contributed by atoms with Crippen molar-refractivity contribution in [2.24, 2.45) is 5.92 Å². The van der Waals surface area contributed by atoms with Crippen molar-refractivity contribution in [1.82, 2.24) is 0 Å². The van der Waals surface area contributed by atoms with E-state index in [0.29, 0.717) is 17.4 Å². The van der Waals surface area contributed by atoms with Crippen LogP contribution in [0, 0.1) is 35.0 Å². The second-order valence-electron chi connectivity index (χ2n) is 8.72. The largest absolute Gasteiger partial charge is 0.427 e. The SMILES string of the molecule is C.CC1CCC(c2ccc(-c3cc(F)c(OC(F)(F)c4cc(F)c(F)c(F)c4)c(F)c3)cc2)CC1.[HH]. The predicted octanol–water partition coefficient (Wildman–Crippen LogP) is 9.35. The summed E-state index contributed by atoms with van der Waals surface area (Å²) in [5.74, 6) is -8.88. The second kappa shape index (κ2) is 10.3. The Morgan fingerprint density at radius 3 is 1.77 bits per heavy atom. The minimum Gasteiger partial charge on any atom is -0.423 e. The van der Waals surface area contributed by atoms with E-state index in [4.69, 9.17) is 0 Å². The molecule has 0 unspecified atom stereocenters. The molecule has 1 aliphatic rings. The summed E-state index contributed by atoms with van der Waals surface area (Å²) in [4.78, 5) is 0. The van der Waals surface area contributed by atoms with Crippen LogP contribution < -0.4 is 4.74 Å². The lowest BCUT2D eigenvalue weighted by Gasteiger charge is -2.26. The van der Waals surface area contributed by atoms with Gasteiger partial charge in [-0.1, -0.05) is 51.5 Å². The lowest BCUT2D eigenvalue weighted by atomic mass is 9.79. The third-order valence-electron chi connectivity index (χ3n) is 6.28. The lowest BCUT2D eigenvalue weighted by molar-refractivity contribution is -0.188. The van der Waals surface area contributed by atoms with E-state index in [2.05, 4.69) is 11.7 Å². The highest BCUT2D eigenvalue weighted by Crippen LogP contribution is 2.39. The van der Waals surface area contributed by atoms with E-state index >= 15 is 0 Å². The average molecular weight is 500 g/mol. The average Bonchev–Trinajstić information content (AvgIpc) is 2.80. The first-order valence-electron chi connectivity index (χ1n) is 10.9. The molecule has 1 aliphatic carbocycles. The summed E-state index contributed by atoms with van der Waals surface area (Å²) in [6.45, 7) is 2.22. The van der Waals surface area contributed by atoms with Crippen molar-refractivity contribution in [1.29, 1.82) is 0 Å². The van der Waals surface area contributed by atoms with E-state index in [-0.39, 0.29) is 26.5 Å². The third-order valence-corrected chi connectivity index (χ3v) is 6.28. The Balaban J connectivity index is 0.00000228. The van der Waals surface area contributed by atoms with E-state index in [1.165, 1.54) is 0 Å². The Kier molecular flexibility index (Phi) is 7.82. The van der Waals surface area contributed by atoms with Gasteiger partial charge in [-0.3, -0.25) is 0 Å². The first kappa shape index (κ1) is 26.6. The van der Waals surface area contributed by atoms with Gasteiger partial charge in [-0.05, 0) is 65.6 Å². The van der Waals surface area contributed by atoms with Crippen molar-refractivity contribution >= 4 is 0 Å². The fraction of sp³-hybridized carbons (Fsp3) is 0.333. The van der Waals surface area contributed by atoms with Gasteiger partial charge in [0.2, 0.25) is 0 Å². The Bertz CT molecular complexity index is 1140. The topological polar surface area (TPSA) is 9.23 Å². The molecule has 0 radical (unpaired) electrons. The van der Waals surface area contributed by atoms with Gasteiger partial charge >= 0.3 is 6.11 Å². The minimum absolute atomic E-state index is 0. The molecule has 8 heteroatoms. The number of ether oxygens (including phenoxy) is 1. The Morgan fingerprint density at radius 2 is 1.26 bits per heavy atom. The summed E-state index contributed by atoms with van der Waals surface area (Å²) in [5, 5.41) is 0. The molecule has 0 aliphatic heterocycles. The lowest BCUT2D eigenvalue weighted by Crippen LogP contribution is -2.24. The van der Waals surface area contributed by atoms with Crippen LogP contribution in [0.3, 0.4) is 0 Å². The summed E-state index contributed by atoms with van der Waals surface area (Å²) >= 11 is 0. The van der Waals surface area contributed by atoms with Crippen molar-refractivity contribution in [3.05, 3.63) is 88.7 Å². The Hall–Kier alpha value is -3.03. The smallest absolute Gasteiger partial charge is 0.423 e. The van der Waals surface area contributed by atoms with Crippen molar-refractivity contribution in [3.63, 3.8) is 0 Å². The molecule has 1 nitrogen and oxygen atoms in total. The molecule has 1 fully saturated rings. The summed E-state index contributed by atoms with van der Waals surface area (Å²) in [5.41, 5.74) is 0.287. The minimum atomic E-state index is -4.53. The van der Waals surface area contributed by atoms with Gasteiger partial charge in [0, 0.05) is 1.43 Å². The third kappa shape index (κ3) is 5.63.